The molecule has 2 rings (SSSR count). The van der Waals surface area contributed by atoms with E-state index in [0.717, 1.165) is 23.7 Å². The zero-order valence-electron chi connectivity index (χ0n) is 12.8. The lowest BCUT2D eigenvalue weighted by Gasteiger charge is -2.10. The molecule has 0 spiro atoms. The zero-order valence-corrected chi connectivity index (χ0v) is 15.2. The number of halogens is 1. The summed E-state index contributed by atoms with van der Waals surface area (Å²) in [6.45, 7) is 3.34. The van der Waals surface area contributed by atoms with E-state index in [2.05, 4.69) is 18.8 Å². The van der Waals surface area contributed by atoms with E-state index in [-0.39, 0.29) is 17.4 Å². The summed E-state index contributed by atoms with van der Waals surface area (Å²) in [7, 11) is -7.82. The number of aryl methyl sites for hydroxylation is 1. The van der Waals surface area contributed by atoms with Crippen molar-refractivity contribution in [1.82, 2.24) is 9.36 Å². The predicted molar refractivity (Wildman–Crippen MR) is 89.6 cm³/mol. The fourth-order valence-corrected chi connectivity index (χ4v) is 4.42. The van der Waals surface area contributed by atoms with E-state index in [0.29, 0.717) is 11.4 Å². The molecule has 0 aliphatic carbocycles. The molecule has 24 heavy (non-hydrogen) atoms. The van der Waals surface area contributed by atoms with E-state index in [9.17, 15) is 21.2 Å². The highest BCUT2D eigenvalue weighted by Crippen LogP contribution is 2.22. The van der Waals surface area contributed by atoms with Crippen LogP contribution < -0.4 is 9.44 Å². The molecular weight excluding hydrogens is 379 g/mol. The van der Waals surface area contributed by atoms with Crippen molar-refractivity contribution in [2.45, 2.75) is 25.2 Å². The van der Waals surface area contributed by atoms with Gasteiger partial charge in [-0.15, -0.1) is 0 Å². The number of hydrogen-bond donors (Lipinski definition) is 2. The normalized spacial score (nSPS) is 12.1. The first-order valence-corrected chi connectivity index (χ1v) is 10.7. The number of nitrogens with zero attached hydrogens (tertiary/aromatic N) is 2. The fourth-order valence-electron chi connectivity index (χ4n) is 1.80. The van der Waals surface area contributed by atoms with Crippen molar-refractivity contribution in [3.8, 4) is 0 Å². The summed E-state index contributed by atoms with van der Waals surface area (Å²) in [5.41, 5.74) is -0.0532. The van der Waals surface area contributed by atoms with E-state index in [4.69, 9.17) is 0 Å². The second-order valence-corrected chi connectivity index (χ2v) is 9.26. The van der Waals surface area contributed by atoms with Crippen LogP contribution in [-0.4, -0.2) is 31.9 Å². The van der Waals surface area contributed by atoms with Gasteiger partial charge in [0.25, 0.3) is 10.0 Å². The van der Waals surface area contributed by atoms with Crippen LogP contribution in [0, 0.1) is 12.7 Å². The predicted octanol–water partition coefficient (Wildman–Crippen LogP) is 1.94. The van der Waals surface area contributed by atoms with Gasteiger partial charge in [-0.2, -0.15) is 4.37 Å². The average Bonchev–Trinajstić information content (AvgIpc) is 2.82. The first-order valence-electron chi connectivity index (χ1n) is 6.76. The highest BCUT2D eigenvalue weighted by atomic mass is 32.2. The third-order valence-electron chi connectivity index (χ3n) is 2.72. The van der Waals surface area contributed by atoms with E-state index in [1.807, 2.05) is 0 Å². The molecule has 0 aliphatic heterocycles. The maximum atomic E-state index is 14.1. The van der Waals surface area contributed by atoms with Crippen molar-refractivity contribution < 1.29 is 21.2 Å². The maximum Gasteiger partial charge on any atom is 0.267 e. The lowest BCUT2D eigenvalue weighted by Crippen LogP contribution is -2.18. The summed E-state index contributed by atoms with van der Waals surface area (Å²) in [5, 5.41) is 0.550. The van der Waals surface area contributed by atoms with Crippen LogP contribution >= 0.6 is 11.5 Å². The molecule has 8 nitrogen and oxygen atoms in total. The standard InChI is InChI=1S/C12H15FN4O4S3/c1-3-6-23(18,19)16-9-4-5-11(10(13)7-9)24(20,21)17-12-14-8(2)22-15-12/h4-5,7,16H,3,6H2,1-2H3,(H,15,17). The molecule has 0 unspecified atom stereocenters. The minimum Gasteiger partial charge on any atom is -0.283 e. The van der Waals surface area contributed by atoms with Crippen LogP contribution in [0.15, 0.2) is 23.1 Å². The summed E-state index contributed by atoms with van der Waals surface area (Å²) in [5.74, 6) is -1.36. The largest absolute Gasteiger partial charge is 0.283 e. The second-order valence-electron chi connectivity index (χ2n) is 4.81. The topological polar surface area (TPSA) is 118 Å². The van der Waals surface area contributed by atoms with Crippen molar-refractivity contribution in [2.75, 3.05) is 15.2 Å². The summed E-state index contributed by atoms with van der Waals surface area (Å²) in [4.78, 5) is 3.21. The van der Waals surface area contributed by atoms with Crippen LogP contribution in [0.4, 0.5) is 16.0 Å². The van der Waals surface area contributed by atoms with Crippen molar-refractivity contribution >= 4 is 43.2 Å². The average molecular weight is 394 g/mol. The molecule has 0 atom stereocenters. The number of benzene rings is 1. The Balaban J connectivity index is 2.26. The third kappa shape index (κ3) is 4.61. The van der Waals surface area contributed by atoms with Crippen LogP contribution in [0.2, 0.25) is 0 Å². The molecule has 132 valence electrons. The Kier molecular flexibility index (Phi) is 5.40. The molecule has 0 radical (unpaired) electrons. The van der Waals surface area contributed by atoms with Gasteiger partial charge in [-0.05, 0) is 43.1 Å². The van der Waals surface area contributed by atoms with Crippen molar-refractivity contribution in [2.24, 2.45) is 0 Å². The van der Waals surface area contributed by atoms with Gasteiger partial charge in [-0.1, -0.05) is 6.92 Å². The van der Waals surface area contributed by atoms with Crippen molar-refractivity contribution in [3.63, 3.8) is 0 Å². The van der Waals surface area contributed by atoms with Crippen molar-refractivity contribution in [3.05, 3.63) is 29.0 Å². The minimum atomic E-state index is -4.22. The molecule has 1 aromatic heterocycles. The Morgan fingerprint density at radius 1 is 1.21 bits per heavy atom. The number of aromatic nitrogens is 2. The summed E-state index contributed by atoms with van der Waals surface area (Å²) < 4.78 is 69.8. The van der Waals surface area contributed by atoms with Gasteiger partial charge >= 0.3 is 0 Å². The van der Waals surface area contributed by atoms with E-state index >= 15 is 0 Å². The summed E-state index contributed by atoms with van der Waals surface area (Å²) in [6, 6.07) is 2.95. The minimum absolute atomic E-state index is 0.0532. The van der Waals surface area contributed by atoms with Gasteiger partial charge in [0.1, 0.15) is 15.7 Å². The molecule has 1 heterocycles. The first kappa shape index (κ1) is 18.5. The number of hydrogen-bond acceptors (Lipinski definition) is 7. The maximum absolute atomic E-state index is 14.1. The SMILES string of the molecule is CCCS(=O)(=O)Nc1ccc(S(=O)(=O)Nc2nsc(C)n2)c(F)c1. The Hall–Kier alpha value is -1.79. The van der Waals surface area contributed by atoms with Gasteiger partial charge in [0.05, 0.1) is 11.4 Å². The fraction of sp³-hybridized carbons (Fsp3) is 0.333. The Morgan fingerprint density at radius 3 is 2.46 bits per heavy atom. The van der Waals surface area contributed by atoms with Gasteiger partial charge in [-0.3, -0.25) is 4.72 Å². The molecule has 12 heteroatoms. The molecule has 0 amide bonds. The van der Waals surface area contributed by atoms with E-state index in [1.54, 1.807) is 13.8 Å². The van der Waals surface area contributed by atoms with E-state index in [1.165, 1.54) is 6.07 Å². The Labute approximate surface area is 143 Å². The summed E-state index contributed by atoms with van der Waals surface area (Å²) in [6.07, 6.45) is 0.397. The highest BCUT2D eigenvalue weighted by molar-refractivity contribution is 7.93. The third-order valence-corrected chi connectivity index (χ3v) is 6.19. The molecular formula is C12H15FN4O4S3. The second kappa shape index (κ2) is 6.99. The van der Waals surface area contributed by atoms with Crippen LogP contribution in [0.25, 0.3) is 0 Å². The van der Waals surface area contributed by atoms with Gasteiger partial charge < -0.3 is 0 Å². The molecule has 2 N–H and O–H groups in total. The van der Waals surface area contributed by atoms with Gasteiger partial charge in [0, 0.05) is 0 Å². The molecule has 0 bridgehead atoms. The zero-order chi connectivity index (χ0) is 18.0. The van der Waals surface area contributed by atoms with Gasteiger partial charge in [0.15, 0.2) is 0 Å². The molecule has 0 aliphatic rings. The van der Waals surface area contributed by atoms with Crippen LogP contribution in [0.3, 0.4) is 0 Å². The van der Waals surface area contributed by atoms with Crippen molar-refractivity contribution in [1.29, 1.82) is 0 Å². The number of anilines is 2. The molecule has 0 saturated heterocycles. The quantitative estimate of drug-likeness (QED) is 0.741. The highest BCUT2D eigenvalue weighted by Gasteiger charge is 2.22. The Morgan fingerprint density at radius 2 is 1.92 bits per heavy atom. The van der Waals surface area contributed by atoms with E-state index < -0.39 is 30.8 Å². The lowest BCUT2D eigenvalue weighted by atomic mass is 10.3. The number of sulfonamides is 2. The van der Waals surface area contributed by atoms with Gasteiger partial charge in [0.2, 0.25) is 16.0 Å². The Bertz CT molecular complexity index is 941. The van der Waals surface area contributed by atoms with Gasteiger partial charge in [-0.25, -0.2) is 30.9 Å². The molecule has 2 aromatic rings. The summed E-state index contributed by atoms with van der Waals surface area (Å²) >= 11 is 0.999. The molecule has 0 fully saturated rings. The van der Waals surface area contributed by atoms with Crippen LogP contribution in [0.5, 0.6) is 0 Å². The molecule has 1 aromatic carbocycles. The van der Waals surface area contributed by atoms with Crippen LogP contribution in [-0.2, 0) is 20.0 Å². The monoisotopic (exact) mass is 394 g/mol. The first-order chi connectivity index (χ1) is 11.1. The number of rotatable bonds is 7. The van der Waals surface area contributed by atoms with Crippen LogP contribution in [0.1, 0.15) is 18.4 Å². The number of nitrogens with one attached hydrogen (secondary N) is 2. The molecule has 0 saturated carbocycles. The smallest absolute Gasteiger partial charge is 0.267 e. The lowest BCUT2D eigenvalue weighted by molar-refractivity contribution is 0.570.